The predicted molar refractivity (Wildman–Crippen MR) is 126 cm³/mol. The van der Waals surface area contributed by atoms with Gasteiger partial charge in [-0.1, -0.05) is 0 Å². The average molecular weight is 442 g/mol. The number of amides is 1. The number of carbonyl (C=O) groups is 1. The van der Waals surface area contributed by atoms with Gasteiger partial charge >= 0.3 is 0 Å². The van der Waals surface area contributed by atoms with Crippen molar-refractivity contribution in [3.05, 3.63) is 28.7 Å². The molecule has 0 aromatic carbocycles. The molecule has 0 spiro atoms. The van der Waals surface area contributed by atoms with Gasteiger partial charge in [0.2, 0.25) is 5.91 Å². The van der Waals surface area contributed by atoms with Crippen LogP contribution in [0.3, 0.4) is 0 Å². The maximum Gasteiger partial charge on any atom is 0.295 e. The van der Waals surface area contributed by atoms with E-state index < -0.39 is 0 Å². The van der Waals surface area contributed by atoms with Crippen molar-refractivity contribution in [3.8, 4) is 0 Å². The van der Waals surface area contributed by atoms with Crippen molar-refractivity contribution >= 4 is 22.9 Å². The van der Waals surface area contributed by atoms with E-state index in [4.69, 9.17) is 0 Å². The van der Waals surface area contributed by atoms with Crippen LogP contribution in [0.25, 0.3) is 11.2 Å². The van der Waals surface area contributed by atoms with Crippen LogP contribution in [0.1, 0.15) is 26.2 Å². The molecule has 1 amide bonds. The van der Waals surface area contributed by atoms with Crippen LogP contribution >= 0.6 is 0 Å². The Morgan fingerprint density at radius 2 is 1.91 bits per heavy atom. The number of piperazine rings is 1. The van der Waals surface area contributed by atoms with Crippen LogP contribution in [0.5, 0.6) is 0 Å². The molecule has 32 heavy (non-hydrogen) atoms. The highest BCUT2D eigenvalue weighted by molar-refractivity contribution is 5.79. The van der Waals surface area contributed by atoms with E-state index in [1.807, 2.05) is 24.0 Å². The van der Waals surface area contributed by atoms with Crippen molar-refractivity contribution in [2.24, 2.45) is 5.92 Å². The molecule has 0 saturated carbocycles. The Labute approximate surface area is 189 Å². The molecule has 0 aliphatic carbocycles. The summed E-state index contributed by atoms with van der Waals surface area (Å²) in [6.45, 7) is 10.1. The van der Waals surface area contributed by atoms with Gasteiger partial charge < -0.3 is 20.0 Å². The summed E-state index contributed by atoms with van der Waals surface area (Å²) in [6, 6.07) is 3.73. The largest absolute Gasteiger partial charge is 0.356 e. The number of likely N-dealkylation sites (N-methyl/N-ethyl adjacent to an activating group) is 1. The van der Waals surface area contributed by atoms with Crippen molar-refractivity contribution < 1.29 is 4.79 Å². The Hall–Kier alpha value is -2.52. The van der Waals surface area contributed by atoms with Gasteiger partial charge in [-0.25, -0.2) is 9.97 Å². The Kier molecular flexibility index (Phi) is 7.36. The van der Waals surface area contributed by atoms with Crippen molar-refractivity contribution in [2.75, 3.05) is 64.3 Å². The Balaban J connectivity index is 1.27. The van der Waals surface area contributed by atoms with Gasteiger partial charge in [-0.05, 0) is 51.9 Å². The zero-order chi connectivity index (χ0) is 22.5. The number of hydrogen-bond donors (Lipinski definition) is 1. The maximum atomic E-state index is 13.0. The fourth-order valence-corrected chi connectivity index (χ4v) is 4.65. The standard InChI is InChI=1S/C23H35N7O2/c1-3-30-20-19(6-4-9-24-20)26-21(23(30)32)29-12-7-18(8-13-29)22(31)25-10-5-11-28-16-14-27(2)15-17-28/h4,6,9,18H,3,5,7-8,10-17H2,1-2H3,(H,25,31). The predicted octanol–water partition coefficient (Wildman–Crippen LogP) is 0.782. The number of carbonyl (C=O) groups excluding carboxylic acids is 1. The van der Waals surface area contributed by atoms with Crippen LogP contribution in [0, 0.1) is 5.92 Å². The molecule has 2 aliphatic rings. The first-order valence-electron chi connectivity index (χ1n) is 11.9. The van der Waals surface area contributed by atoms with Gasteiger partial charge in [0.1, 0.15) is 5.52 Å². The van der Waals surface area contributed by atoms with Gasteiger partial charge in [0, 0.05) is 64.5 Å². The highest BCUT2D eigenvalue weighted by Crippen LogP contribution is 2.21. The van der Waals surface area contributed by atoms with E-state index in [2.05, 4.69) is 32.1 Å². The molecule has 9 heteroatoms. The van der Waals surface area contributed by atoms with Crippen molar-refractivity contribution in [1.29, 1.82) is 0 Å². The second kappa shape index (κ2) is 10.4. The third kappa shape index (κ3) is 5.10. The third-order valence-electron chi connectivity index (χ3n) is 6.71. The summed E-state index contributed by atoms with van der Waals surface area (Å²) < 4.78 is 1.68. The van der Waals surface area contributed by atoms with Crippen LogP contribution in [0.15, 0.2) is 23.1 Å². The lowest BCUT2D eigenvalue weighted by atomic mass is 9.96. The van der Waals surface area contributed by atoms with E-state index in [0.717, 1.165) is 64.0 Å². The molecule has 2 aromatic rings. The first kappa shape index (κ1) is 22.7. The molecule has 174 valence electrons. The van der Waals surface area contributed by atoms with Crippen LogP contribution in [0.2, 0.25) is 0 Å². The average Bonchev–Trinajstić information content (AvgIpc) is 2.82. The topological polar surface area (TPSA) is 86.6 Å². The second-order valence-electron chi connectivity index (χ2n) is 8.88. The van der Waals surface area contributed by atoms with E-state index in [-0.39, 0.29) is 17.4 Å². The molecular formula is C23H35N7O2. The Bertz CT molecular complexity index is 976. The van der Waals surface area contributed by atoms with Crippen LogP contribution < -0.4 is 15.8 Å². The van der Waals surface area contributed by atoms with Crippen molar-refractivity contribution in [1.82, 2.24) is 29.7 Å². The number of anilines is 1. The van der Waals surface area contributed by atoms with Crippen molar-refractivity contribution in [3.63, 3.8) is 0 Å². The molecule has 4 heterocycles. The number of hydrogen-bond acceptors (Lipinski definition) is 7. The minimum absolute atomic E-state index is 0.00501. The number of nitrogens with zero attached hydrogens (tertiary/aromatic N) is 6. The molecule has 1 N–H and O–H groups in total. The number of aryl methyl sites for hydroxylation is 1. The van der Waals surface area contributed by atoms with E-state index in [1.165, 1.54) is 0 Å². The molecule has 2 saturated heterocycles. The van der Waals surface area contributed by atoms with Crippen molar-refractivity contribution in [2.45, 2.75) is 32.7 Å². The Morgan fingerprint density at radius 3 is 2.62 bits per heavy atom. The molecule has 2 aliphatic heterocycles. The molecule has 0 bridgehead atoms. The number of pyridine rings is 1. The second-order valence-corrected chi connectivity index (χ2v) is 8.88. The van der Waals surface area contributed by atoms with Gasteiger partial charge in [0.15, 0.2) is 11.5 Å². The summed E-state index contributed by atoms with van der Waals surface area (Å²) in [4.78, 5) is 41.4. The number of rotatable bonds is 7. The molecule has 2 aromatic heterocycles. The molecule has 0 radical (unpaired) electrons. The minimum atomic E-state index is -0.106. The summed E-state index contributed by atoms with van der Waals surface area (Å²) in [5, 5.41) is 3.12. The number of fused-ring (bicyclic) bond motifs is 1. The molecule has 9 nitrogen and oxygen atoms in total. The van der Waals surface area contributed by atoms with Gasteiger partial charge in [0.05, 0.1) is 0 Å². The summed E-state index contributed by atoms with van der Waals surface area (Å²) in [5.41, 5.74) is 1.24. The Morgan fingerprint density at radius 1 is 1.16 bits per heavy atom. The van der Waals surface area contributed by atoms with E-state index in [1.54, 1.807) is 10.8 Å². The summed E-state index contributed by atoms with van der Waals surface area (Å²) in [7, 11) is 2.16. The molecule has 0 atom stereocenters. The zero-order valence-electron chi connectivity index (χ0n) is 19.3. The maximum absolute atomic E-state index is 13.0. The molecule has 4 rings (SSSR count). The fourth-order valence-electron chi connectivity index (χ4n) is 4.65. The first-order chi connectivity index (χ1) is 15.6. The molecular weight excluding hydrogens is 406 g/mol. The molecule has 2 fully saturated rings. The van der Waals surface area contributed by atoms with Gasteiger partial charge in [-0.15, -0.1) is 0 Å². The lowest BCUT2D eigenvalue weighted by Crippen LogP contribution is -2.45. The number of piperidine rings is 1. The number of aromatic nitrogens is 3. The summed E-state index contributed by atoms with van der Waals surface area (Å²) >= 11 is 0. The normalized spacial score (nSPS) is 18.9. The minimum Gasteiger partial charge on any atom is -0.356 e. The van der Waals surface area contributed by atoms with E-state index >= 15 is 0 Å². The smallest absolute Gasteiger partial charge is 0.295 e. The SMILES string of the molecule is CCn1c(=O)c(N2CCC(C(=O)NCCCN3CCN(C)CC3)CC2)nc2cccnc21. The quantitative estimate of drug-likeness (QED) is 0.636. The van der Waals surface area contributed by atoms with Gasteiger partial charge in [-0.3, -0.25) is 14.2 Å². The van der Waals surface area contributed by atoms with Crippen LogP contribution in [0.4, 0.5) is 5.82 Å². The highest BCUT2D eigenvalue weighted by Gasteiger charge is 2.27. The summed E-state index contributed by atoms with van der Waals surface area (Å²) in [5.74, 6) is 0.619. The van der Waals surface area contributed by atoms with E-state index in [9.17, 15) is 9.59 Å². The van der Waals surface area contributed by atoms with Crippen LogP contribution in [-0.2, 0) is 11.3 Å². The lowest BCUT2D eigenvalue weighted by molar-refractivity contribution is -0.125. The number of nitrogens with one attached hydrogen (secondary N) is 1. The molecule has 0 unspecified atom stereocenters. The summed E-state index contributed by atoms with van der Waals surface area (Å²) in [6.07, 6.45) is 4.15. The fraction of sp³-hybridized carbons (Fsp3) is 0.652. The van der Waals surface area contributed by atoms with E-state index in [0.29, 0.717) is 31.1 Å². The zero-order valence-corrected chi connectivity index (χ0v) is 19.3. The van der Waals surface area contributed by atoms with Gasteiger partial charge in [0.25, 0.3) is 5.56 Å². The highest BCUT2D eigenvalue weighted by atomic mass is 16.2. The first-order valence-corrected chi connectivity index (χ1v) is 11.9. The van der Waals surface area contributed by atoms with Gasteiger partial charge in [-0.2, -0.15) is 0 Å². The lowest BCUT2D eigenvalue weighted by Gasteiger charge is -2.33. The third-order valence-corrected chi connectivity index (χ3v) is 6.71. The van der Waals surface area contributed by atoms with Crippen LogP contribution in [-0.4, -0.2) is 89.6 Å². The monoisotopic (exact) mass is 441 g/mol.